The van der Waals surface area contributed by atoms with Gasteiger partial charge < -0.3 is 9.84 Å². The number of rotatable bonds is 2. The zero-order chi connectivity index (χ0) is 15.1. The molecule has 0 heterocycles. The van der Waals surface area contributed by atoms with E-state index in [1.807, 2.05) is 12.1 Å². The highest BCUT2D eigenvalue weighted by Gasteiger charge is 2.06. The van der Waals surface area contributed by atoms with Crippen molar-refractivity contribution in [1.29, 1.82) is 0 Å². The minimum Gasteiger partial charge on any atom is -0.497 e. The Morgan fingerprint density at radius 3 is 1.95 bits per heavy atom. The van der Waals surface area contributed by atoms with Crippen molar-refractivity contribution in [3.8, 4) is 5.75 Å². The maximum atomic E-state index is 9.39. The van der Waals surface area contributed by atoms with E-state index in [1.165, 1.54) is 32.3 Å². The summed E-state index contributed by atoms with van der Waals surface area (Å²) in [5.74, 6) is 0.865. The van der Waals surface area contributed by atoms with E-state index in [4.69, 9.17) is 4.74 Å². The van der Waals surface area contributed by atoms with Gasteiger partial charge in [-0.25, -0.2) is 0 Å². The molecule has 0 aliphatic carbocycles. The van der Waals surface area contributed by atoms with Crippen LogP contribution in [0.3, 0.4) is 0 Å². The average molecular weight is 288 g/mol. The van der Waals surface area contributed by atoms with Crippen LogP contribution in [0.15, 0.2) is 60.7 Å². The van der Waals surface area contributed by atoms with Crippen molar-refractivity contribution >= 4 is 32.3 Å². The largest absolute Gasteiger partial charge is 0.497 e. The summed E-state index contributed by atoms with van der Waals surface area (Å²) in [7, 11) is 1.69. The molecule has 0 amide bonds. The standard InChI is InChI=1S/C20H16O2/c1-22-16-7-4-15-6-8-17-18(20(15)11-16)9-5-14-3-2-13(12-21)10-19(14)17/h2-11,21H,12H2,1H3. The molecule has 4 aromatic rings. The van der Waals surface area contributed by atoms with Crippen LogP contribution < -0.4 is 4.74 Å². The third-order valence-electron chi connectivity index (χ3n) is 4.29. The minimum absolute atomic E-state index is 0.0632. The Morgan fingerprint density at radius 1 is 0.727 bits per heavy atom. The maximum Gasteiger partial charge on any atom is 0.119 e. The van der Waals surface area contributed by atoms with E-state index in [9.17, 15) is 5.11 Å². The molecule has 0 saturated carbocycles. The second kappa shape index (κ2) is 5.00. The summed E-state index contributed by atoms with van der Waals surface area (Å²) in [5.41, 5.74) is 0.936. The molecule has 1 N–H and O–H groups in total. The fourth-order valence-electron chi connectivity index (χ4n) is 3.12. The number of hydrogen-bond donors (Lipinski definition) is 1. The SMILES string of the molecule is COc1ccc2ccc3c4cc(CO)ccc4ccc3c2c1. The third kappa shape index (κ3) is 1.92. The molecule has 0 spiro atoms. The highest BCUT2D eigenvalue weighted by molar-refractivity contribution is 6.17. The lowest BCUT2D eigenvalue weighted by Crippen LogP contribution is -1.86. The lowest BCUT2D eigenvalue weighted by atomic mass is 9.96. The van der Waals surface area contributed by atoms with Gasteiger partial charge in [0.1, 0.15) is 5.75 Å². The molecular weight excluding hydrogens is 272 g/mol. The number of benzene rings is 4. The molecule has 0 radical (unpaired) electrons. The molecule has 4 rings (SSSR count). The number of methoxy groups -OCH3 is 1. The zero-order valence-corrected chi connectivity index (χ0v) is 12.3. The molecule has 0 unspecified atom stereocenters. The van der Waals surface area contributed by atoms with Crippen LogP contribution in [-0.2, 0) is 6.61 Å². The molecule has 0 aliphatic rings. The molecule has 0 saturated heterocycles. The van der Waals surface area contributed by atoms with Crippen LogP contribution in [0.2, 0.25) is 0 Å². The maximum absolute atomic E-state index is 9.39. The van der Waals surface area contributed by atoms with E-state index in [1.54, 1.807) is 7.11 Å². The lowest BCUT2D eigenvalue weighted by molar-refractivity contribution is 0.282. The van der Waals surface area contributed by atoms with Crippen LogP contribution in [0.25, 0.3) is 32.3 Å². The Morgan fingerprint density at radius 2 is 1.32 bits per heavy atom. The van der Waals surface area contributed by atoms with Gasteiger partial charge in [0.25, 0.3) is 0 Å². The lowest BCUT2D eigenvalue weighted by Gasteiger charge is -2.10. The fraction of sp³-hybridized carbons (Fsp3) is 0.100. The normalized spacial score (nSPS) is 11.4. The van der Waals surface area contributed by atoms with E-state index in [2.05, 4.69) is 48.5 Å². The van der Waals surface area contributed by atoms with Crippen molar-refractivity contribution in [3.05, 3.63) is 66.2 Å². The van der Waals surface area contributed by atoms with E-state index >= 15 is 0 Å². The molecule has 4 aromatic carbocycles. The Labute approximate surface area is 128 Å². The van der Waals surface area contributed by atoms with Crippen molar-refractivity contribution in [3.63, 3.8) is 0 Å². The van der Waals surface area contributed by atoms with Gasteiger partial charge in [0.05, 0.1) is 13.7 Å². The van der Waals surface area contributed by atoms with E-state index < -0.39 is 0 Å². The van der Waals surface area contributed by atoms with E-state index in [-0.39, 0.29) is 6.61 Å². The van der Waals surface area contributed by atoms with Gasteiger partial charge in [-0.1, -0.05) is 42.5 Å². The molecule has 2 nitrogen and oxygen atoms in total. The molecule has 22 heavy (non-hydrogen) atoms. The Bertz CT molecular complexity index is 919. The zero-order valence-electron chi connectivity index (χ0n) is 12.3. The Hall–Kier alpha value is -2.58. The van der Waals surface area contributed by atoms with Gasteiger partial charge in [0.2, 0.25) is 0 Å². The number of aliphatic hydroxyl groups excluding tert-OH is 1. The van der Waals surface area contributed by atoms with Crippen molar-refractivity contribution in [1.82, 2.24) is 0 Å². The second-order valence-corrected chi connectivity index (χ2v) is 5.53. The van der Waals surface area contributed by atoms with Crippen molar-refractivity contribution in [2.24, 2.45) is 0 Å². The minimum atomic E-state index is 0.0632. The number of aliphatic hydroxyl groups is 1. The summed E-state index contributed by atoms with van der Waals surface area (Å²) in [4.78, 5) is 0. The smallest absolute Gasteiger partial charge is 0.119 e. The van der Waals surface area contributed by atoms with Gasteiger partial charge in [-0.15, -0.1) is 0 Å². The van der Waals surface area contributed by atoms with Crippen LogP contribution in [0.1, 0.15) is 5.56 Å². The predicted octanol–water partition coefficient (Wildman–Crippen LogP) is 4.65. The first-order valence-electron chi connectivity index (χ1n) is 7.33. The molecule has 0 aliphatic heterocycles. The van der Waals surface area contributed by atoms with Crippen LogP contribution in [0, 0.1) is 0 Å². The second-order valence-electron chi connectivity index (χ2n) is 5.53. The van der Waals surface area contributed by atoms with Crippen LogP contribution in [0.5, 0.6) is 5.75 Å². The molecule has 2 heteroatoms. The number of hydrogen-bond acceptors (Lipinski definition) is 2. The van der Waals surface area contributed by atoms with E-state index in [0.29, 0.717) is 0 Å². The van der Waals surface area contributed by atoms with Gasteiger partial charge >= 0.3 is 0 Å². The van der Waals surface area contributed by atoms with Gasteiger partial charge in [0, 0.05) is 0 Å². The quantitative estimate of drug-likeness (QED) is 0.544. The molecule has 0 bridgehead atoms. The summed E-state index contributed by atoms with van der Waals surface area (Å²) in [6.07, 6.45) is 0. The van der Waals surface area contributed by atoms with Crippen LogP contribution in [-0.4, -0.2) is 12.2 Å². The molecule has 0 aromatic heterocycles. The molecule has 0 atom stereocenters. The van der Waals surface area contributed by atoms with Gasteiger partial charge in [-0.3, -0.25) is 0 Å². The first-order valence-corrected chi connectivity index (χ1v) is 7.33. The summed E-state index contributed by atoms with van der Waals surface area (Å²) in [5, 5.41) is 16.6. The fourth-order valence-corrected chi connectivity index (χ4v) is 3.12. The monoisotopic (exact) mass is 288 g/mol. The van der Waals surface area contributed by atoms with Crippen molar-refractivity contribution in [2.75, 3.05) is 7.11 Å². The first kappa shape index (κ1) is 13.1. The third-order valence-corrected chi connectivity index (χ3v) is 4.29. The highest BCUT2D eigenvalue weighted by atomic mass is 16.5. The van der Waals surface area contributed by atoms with Crippen LogP contribution >= 0.6 is 0 Å². The summed E-state index contributed by atoms with van der Waals surface area (Å²) < 4.78 is 5.36. The summed E-state index contributed by atoms with van der Waals surface area (Å²) >= 11 is 0. The summed E-state index contributed by atoms with van der Waals surface area (Å²) in [6.45, 7) is 0.0632. The molecule has 108 valence electrons. The van der Waals surface area contributed by atoms with Crippen molar-refractivity contribution in [2.45, 2.75) is 6.61 Å². The van der Waals surface area contributed by atoms with E-state index in [0.717, 1.165) is 11.3 Å². The number of ether oxygens (including phenoxy) is 1. The summed E-state index contributed by atoms with van der Waals surface area (Å²) in [6, 6.07) is 20.9. The van der Waals surface area contributed by atoms with Gasteiger partial charge in [-0.2, -0.15) is 0 Å². The number of fused-ring (bicyclic) bond motifs is 5. The topological polar surface area (TPSA) is 29.5 Å². The predicted molar refractivity (Wildman–Crippen MR) is 91.4 cm³/mol. The average Bonchev–Trinajstić information content (AvgIpc) is 2.60. The van der Waals surface area contributed by atoms with Gasteiger partial charge in [0.15, 0.2) is 0 Å². The highest BCUT2D eigenvalue weighted by Crippen LogP contribution is 2.33. The van der Waals surface area contributed by atoms with Crippen LogP contribution in [0.4, 0.5) is 0 Å². The Kier molecular flexibility index (Phi) is 2.98. The first-order chi connectivity index (χ1) is 10.8. The Balaban J connectivity index is 2.15. The molecule has 0 fully saturated rings. The molecular formula is C20H16O2. The van der Waals surface area contributed by atoms with Gasteiger partial charge in [-0.05, 0) is 56.1 Å². The van der Waals surface area contributed by atoms with Crippen molar-refractivity contribution < 1.29 is 9.84 Å².